The second-order valence-electron chi connectivity index (χ2n) is 6.13. The molecule has 4 rings (SSSR count). The van der Waals surface area contributed by atoms with Crippen molar-refractivity contribution in [1.29, 1.82) is 0 Å². The van der Waals surface area contributed by atoms with Crippen molar-refractivity contribution in [1.82, 2.24) is 4.90 Å². The third-order valence-electron chi connectivity index (χ3n) is 4.40. The summed E-state index contributed by atoms with van der Waals surface area (Å²) in [5.74, 6) is 1.76. The van der Waals surface area contributed by atoms with Gasteiger partial charge in [-0.15, -0.1) is 11.3 Å². The van der Waals surface area contributed by atoms with Crippen LogP contribution in [0.3, 0.4) is 0 Å². The van der Waals surface area contributed by atoms with Crippen molar-refractivity contribution in [2.24, 2.45) is 0 Å². The predicted octanol–water partition coefficient (Wildman–Crippen LogP) is 2.95. The molecule has 1 atom stereocenters. The number of amides is 1. The number of ether oxygens (including phenoxy) is 2. The second-order valence-corrected chi connectivity index (χ2v) is 7.22. The number of thiophene rings is 1. The summed E-state index contributed by atoms with van der Waals surface area (Å²) in [6, 6.07) is 7.70. The summed E-state index contributed by atoms with van der Waals surface area (Å²) < 4.78 is 17.0. The standard InChI is InChI=1S/C17H19NO4S/c1-12-2-3-13(22-12)14-4-5-15(23-14)16(19)18-7-9-21-17(10-18)6-8-20-11-17/h2-5H,6-11H2,1H3/t17-/m1/s1. The fraction of sp³-hybridized carbons (Fsp3) is 0.471. The Morgan fingerprint density at radius 1 is 1.26 bits per heavy atom. The monoisotopic (exact) mass is 333 g/mol. The van der Waals surface area contributed by atoms with E-state index in [2.05, 4.69) is 0 Å². The molecule has 23 heavy (non-hydrogen) atoms. The highest BCUT2D eigenvalue weighted by atomic mass is 32.1. The van der Waals surface area contributed by atoms with Gasteiger partial charge in [-0.25, -0.2) is 0 Å². The number of furan rings is 1. The number of aryl methyl sites for hydroxylation is 1. The molecule has 4 heterocycles. The Bertz CT molecular complexity index is 714. The Morgan fingerprint density at radius 2 is 2.17 bits per heavy atom. The molecule has 0 unspecified atom stereocenters. The second kappa shape index (κ2) is 5.78. The maximum absolute atomic E-state index is 12.8. The third-order valence-corrected chi connectivity index (χ3v) is 5.49. The first-order chi connectivity index (χ1) is 11.2. The molecule has 2 saturated heterocycles. The first-order valence-corrected chi connectivity index (χ1v) is 8.65. The summed E-state index contributed by atoms with van der Waals surface area (Å²) in [5, 5.41) is 0. The third kappa shape index (κ3) is 2.82. The SMILES string of the molecule is Cc1ccc(-c2ccc(C(=O)N3CCO[C@]4(CCOC4)C3)s2)o1. The van der Waals surface area contributed by atoms with Gasteiger partial charge in [0.25, 0.3) is 5.91 Å². The fourth-order valence-electron chi connectivity index (χ4n) is 3.15. The van der Waals surface area contributed by atoms with E-state index in [0.717, 1.165) is 27.7 Å². The average Bonchev–Trinajstić information content (AvgIpc) is 3.28. The Kier molecular flexibility index (Phi) is 3.75. The zero-order chi connectivity index (χ0) is 15.9. The molecule has 2 aromatic heterocycles. The van der Waals surface area contributed by atoms with E-state index in [1.54, 1.807) is 0 Å². The molecule has 0 radical (unpaired) electrons. The summed E-state index contributed by atoms with van der Waals surface area (Å²) in [6.45, 7) is 5.03. The van der Waals surface area contributed by atoms with Gasteiger partial charge in [0.2, 0.25) is 0 Å². The molecule has 2 aromatic rings. The van der Waals surface area contributed by atoms with Crippen LogP contribution < -0.4 is 0 Å². The van der Waals surface area contributed by atoms with Crippen LogP contribution >= 0.6 is 11.3 Å². The summed E-state index contributed by atoms with van der Waals surface area (Å²) in [6.07, 6.45) is 0.859. The maximum atomic E-state index is 12.8. The van der Waals surface area contributed by atoms with Gasteiger partial charge in [-0.1, -0.05) is 0 Å². The first kappa shape index (κ1) is 14.9. The van der Waals surface area contributed by atoms with Crippen molar-refractivity contribution in [2.75, 3.05) is 32.9 Å². The number of morpholine rings is 1. The maximum Gasteiger partial charge on any atom is 0.264 e. The first-order valence-electron chi connectivity index (χ1n) is 7.83. The van der Waals surface area contributed by atoms with Crippen LogP contribution in [0.4, 0.5) is 0 Å². The summed E-state index contributed by atoms with van der Waals surface area (Å²) in [7, 11) is 0. The molecule has 0 bridgehead atoms. The highest BCUT2D eigenvalue weighted by Gasteiger charge is 2.42. The minimum atomic E-state index is -0.299. The highest BCUT2D eigenvalue weighted by molar-refractivity contribution is 7.17. The lowest BCUT2D eigenvalue weighted by Gasteiger charge is -2.39. The van der Waals surface area contributed by atoms with E-state index >= 15 is 0 Å². The van der Waals surface area contributed by atoms with Gasteiger partial charge in [0.15, 0.2) is 0 Å². The molecule has 1 amide bonds. The molecule has 2 aliphatic rings. The van der Waals surface area contributed by atoms with Crippen LogP contribution in [-0.4, -0.2) is 49.3 Å². The van der Waals surface area contributed by atoms with E-state index in [-0.39, 0.29) is 11.5 Å². The molecule has 2 aliphatic heterocycles. The minimum absolute atomic E-state index is 0.0686. The van der Waals surface area contributed by atoms with Crippen molar-refractivity contribution in [3.8, 4) is 10.6 Å². The van der Waals surface area contributed by atoms with Crippen molar-refractivity contribution >= 4 is 17.2 Å². The van der Waals surface area contributed by atoms with Crippen LogP contribution in [0, 0.1) is 6.92 Å². The molecule has 2 fully saturated rings. The molecular formula is C17H19NO4S. The van der Waals surface area contributed by atoms with E-state index in [1.807, 2.05) is 36.1 Å². The Labute approximate surface area is 138 Å². The number of carbonyl (C=O) groups excluding carboxylic acids is 1. The van der Waals surface area contributed by atoms with Gasteiger partial charge >= 0.3 is 0 Å². The summed E-state index contributed by atoms with van der Waals surface area (Å²) in [4.78, 5) is 16.4. The van der Waals surface area contributed by atoms with Gasteiger partial charge in [0, 0.05) is 19.6 Å². The molecule has 0 aromatic carbocycles. The Morgan fingerprint density at radius 3 is 2.91 bits per heavy atom. The number of carbonyl (C=O) groups is 1. The largest absolute Gasteiger partial charge is 0.461 e. The Hall–Kier alpha value is -1.63. The minimum Gasteiger partial charge on any atom is -0.461 e. The van der Waals surface area contributed by atoms with Crippen molar-refractivity contribution in [2.45, 2.75) is 18.9 Å². The molecule has 5 nitrogen and oxygen atoms in total. The van der Waals surface area contributed by atoms with Gasteiger partial charge in [0.1, 0.15) is 17.1 Å². The van der Waals surface area contributed by atoms with Crippen molar-refractivity contribution in [3.63, 3.8) is 0 Å². The van der Waals surface area contributed by atoms with Crippen LogP contribution in [0.2, 0.25) is 0 Å². The summed E-state index contributed by atoms with van der Waals surface area (Å²) >= 11 is 1.48. The Balaban J connectivity index is 1.51. The smallest absolute Gasteiger partial charge is 0.264 e. The zero-order valence-electron chi connectivity index (χ0n) is 13.0. The molecule has 1 spiro atoms. The quantitative estimate of drug-likeness (QED) is 0.848. The topological polar surface area (TPSA) is 51.9 Å². The number of hydrogen-bond acceptors (Lipinski definition) is 5. The summed E-state index contributed by atoms with van der Waals surface area (Å²) in [5.41, 5.74) is -0.299. The zero-order valence-corrected chi connectivity index (χ0v) is 13.9. The number of rotatable bonds is 2. The molecule has 122 valence electrons. The van der Waals surface area contributed by atoms with Crippen molar-refractivity contribution in [3.05, 3.63) is 34.9 Å². The van der Waals surface area contributed by atoms with Crippen molar-refractivity contribution < 1.29 is 18.7 Å². The lowest BCUT2D eigenvalue weighted by Crippen LogP contribution is -2.54. The highest BCUT2D eigenvalue weighted by Crippen LogP contribution is 2.32. The molecular weight excluding hydrogens is 314 g/mol. The lowest BCUT2D eigenvalue weighted by atomic mass is 10.0. The van der Waals surface area contributed by atoms with E-state index in [0.29, 0.717) is 32.9 Å². The predicted molar refractivity (Wildman–Crippen MR) is 86.8 cm³/mol. The lowest BCUT2D eigenvalue weighted by molar-refractivity contribution is -0.0994. The molecule has 0 aliphatic carbocycles. The van der Waals surface area contributed by atoms with Gasteiger partial charge < -0.3 is 18.8 Å². The van der Waals surface area contributed by atoms with Crippen LogP contribution in [0.1, 0.15) is 21.9 Å². The van der Waals surface area contributed by atoms with E-state index < -0.39 is 0 Å². The number of nitrogens with zero attached hydrogens (tertiary/aromatic N) is 1. The molecule has 0 saturated carbocycles. The molecule has 0 N–H and O–H groups in total. The van der Waals surface area contributed by atoms with Gasteiger partial charge in [-0.2, -0.15) is 0 Å². The molecule has 6 heteroatoms. The van der Waals surface area contributed by atoms with Crippen LogP contribution in [-0.2, 0) is 9.47 Å². The van der Waals surface area contributed by atoms with E-state index in [9.17, 15) is 4.79 Å². The van der Waals surface area contributed by atoms with Crippen LogP contribution in [0.5, 0.6) is 0 Å². The van der Waals surface area contributed by atoms with Gasteiger partial charge in [-0.3, -0.25) is 4.79 Å². The van der Waals surface area contributed by atoms with Gasteiger partial charge in [-0.05, 0) is 31.2 Å². The van der Waals surface area contributed by atoms with E-state index in [4.69, 9.17) is 13.9 Å². The van der Waals surface area contributed by atoms with E-state index in [1.165, 1.54) is 11.3 Å². The fourth-order valence-corrected chi connectivity index (χ4v) is 4.09. The van der Waals surface area contributed by atoms with Gasteiger partial charge in [0.05, 0.1) is 29.5 Å². The normalized spacial score (nSPS) is 24.5. The van der Waals surface area contributed by atoms with Crippen LogP contribution in [0.15, 0.2) is 28.7 Å². The average molecular weight is 333 g/mol. The van der Waals surface area contributed by atoms with Crippen LogP contribution in [0.25, 0.3) is 10.6 Å². The number of hydrogen-bond donors (Lipinski definition) is 0.